The molecule has 2 aromatic heterocycles. The molecule has 0 amide bonds. The monoisotopic (exact) mass is 615 g/mol. The maximum atomic E-state index is 13.7. The lowest BCUT2D eigenvalue weighted by molar-refractivity contribution is -0.0523. The van der Waals surface area contributed by atoms with Crippen molar-refractivity contribution in [2.45, 2.75) is 68.7 Å². The van der Waals surface area contributed by atoms with Crippen LogP contribution in [0.4, 0.5) is 20.4 Å². The van der Waals surface area contributed by atoms with E-state index in [4.69, 9.17) is 9.15 Å². The molecule has 1 saturated carbocycles. The predicted molar refractivity (Wildman–Crippen MR) is 155 cm³/mol. The third-order valence-corrected chi connectivity index (χ3v) is 10.8. The Kier molecular flexibility index (Phi) is 6.74. The molecule has 43 heavy (non-hydrogen) atoms. The van der Waals surface area contributed by atoms with Gasteiger partial charge < -0.3 is 19.0 Å². The highest BCUT2D eigenvalue weighted by molar-refractivity contribution is 7.89. The van der Waals surface area contributed by atoms with Crippen molar-refractivity contribution in [3.05, 3.63) is 30.0 Å². The van der Waals surface area contributed by atoms with Crippen LogP contribution in [0.15, 0.2) is 33.6 Å². The van der Waals surface area contributed by atoms with Gasteiger partial charge >= 0.3 is 0 Å². The molecule has 1 N–H and O–H groups in total. The zero-order valence-corrected chi connectivity index (χ0v) is 25.1. The van der Waals surface area contributed by atoms with Gasteiger partial charge in [0.2, 0.25) is 21.9 Å². The summed E-state index contributed by atoms with van der Waals surface area (Å²) in [5, 5.41) is 8.59. The molecule has 3 saturated heterocycles. The number of benzene rings is 1. The quantitative estimate of drug-likeness (QED) is 0.414. The summed E-state index contributed by atoms with van der Waals surface area (Å²) in [5.74, 6) is -1.92. The number of aromatic nitrogens is 4. The lowest BCUT2D eigenvalue weighted by Crippen LogP contribution is -2.59. The molecule has 7 rings (SSSR count). The van der Waals surface area contributed by atoms with Crippen molar-refractivity contribution in [2.24, 2.45) is 5.41 Å². The van der Waals surface area contributed by atoms with Crippen molar-refractivity contribution >= 4 is 21.7 Å². The van der Waals surface area contributed by atoms with Gasteiger partial charge in [-0.05, 0) is 69.2 Å². The van der Waals surface area contributed by atoms with Gasteiger partial charge in [-0.1, -0.05) is 0 Å². The highest BCUT2D eigenvalue weighted by Crippen LogP contribution is 2.54. The number of halogens is 2. The van der Waals surface area contributed by atoms with Crippen molar-refractivity contribution in [2.75, 3.05) is 49.2 Å². The Bertz CT molecular complexity index is 1640. The van der Waals surface area contributed by atoms with Crippen LogP contribution in [0, 0.1) is 12.3 Å². The Morgan fingerprint density at radius 3 is 2.21 bits per heavy atom. The molecule has 4 aliphatic rings. The van der Waals surface area contributed by atoms with Crippen LogP contribution in [0.3, 0.4) is 0 Å². The lowest BCUT2D eigenvalue weighted by Gasteiger charge is -2.38. The molecular formula is C29H35F2N7O4S. The maximum absolute atomic E-state index is 13.7. The van der Waals surface area contributed by atoms with E-state index in [0.717, 1.165) is 31.6 Å². The van der Waals surface area contributed by atoms with Gasteiger partial charge in [-0.25, -0.2) is 31.9 Å². The molecule has 14 heteroatoms. The standard InChI is InChI=1S/C29H35F2N7O4S/c1-19-15-22(33-26(32-19)38-13-9-29(30,31)10-14-38)25-35-34-24(42-25)21-4-3-20(43(39,40)36-27(2)17-41-18-27)16-23(21)37-11-7-28(5-6-28)8-12-37/h3-4,15-16,36H,5-14,17-18H2,1-2H3. The number of sulfonamides is 1. The highest BCUT2D eigenvalue weighted by atomic mass is 32.2. The number of piperidine rings is 2. The molecule has 3 aliphatic heterocycles. The summed E-state index contributed by atoms with van der Waals surface area (Å²) in [6, 6.07) is 6.67. The number of aryl methyl sites for hydroxylation is 1. The van der Waals surface area contributed by atoms with E-state index in [1.165, 1.54) is 12.8 Å². The second kappa shape index (κ2) is 10.2. The smallest absolute Gasteiger partial charge is 0.266 e. The molecule has 0 radical (unpaired) electrons. The first kappa shape index (κ1) is 28.5. The average molecular weight is 616 g/mol. The summed E-state index contributed by atoms with van der Waals surface area (Å²) >= 11 is 0. The molecule has 1 aliphatic carbocycles. The van der Waals surface area contributed by atoms with Gasteiger partial charge in [-0.3, -0.25) is 0 Å². The fraction of sp³-hybridized carbons (Fsp3) is 0.586. The van der Waals surface area contributed by atoms with E-state index in [9.17, 15) is 17.2 Å². The van der Waals surface area contributed by atoms with Gasteiger partial charge in [0, 0.05) is 44.7 Å². The topological polar surface area (TPSA) is 127 Å². The third kappa shape index (κ3) is 5.72. The normalized spacial score (nSPS) is 22.4. The average Bonchev–Trinajstić information content (AvgIpc) is 3.51. The minimum atomic E-state index is -3.81. The molecule has 3 aromatic rings. The highest BCUT2D eigenvalue weighted by Gasteiger charge is 2.45. The van der Waals surface area contributed by atoms with E-state index in [0.29, 0.717) is 41.5 Å². The molecule has 0 unspecified atom stereocenters. The minimum absolute atomic E-state index is 0.155. The van der Waals surface area contributed by atoms with E-state index < -0.39 is 21.5 Å². The van der Waals surface area contributed by atoms with Crippen LogP contribution in [0.2, 0.25) is 0 Å². The van der Waals surface area contributed by atoms with Crippen molar-refractivity contribution in [3.8, 4) is 23.0 Å². The van der Waals surface area contributed by atoms with Gasteiger partial charge in [-0.2, -0.15) is 0 Å². The van der Waals surface area contributed by atoms with Crippen LogP contribution in [0.25, 0.3) is 23.0 Å². The van der Waals surface area contributed by atoms with E-state index in [1.54, 1.807) is 36.1 Å². The van der Waals surface area contributed by atoms with Crippen LogP contribution < -0.4 is 14.5 Å². The zero-order valence-electron chi connectivity index (χ0n) is 24.3. The Hall–Kier alpha value is -3.23. The van der Waals surface area contributed by atoms with E-state index >= 15 is 0 Å². The first-order valence-electron chi connectivity index (χ1n) is 14.8. The molecule has 1 spiro atoms. The fourth-order valence-electron chi connectivity index (χ4n) is 6.14. The summed E-state index contributed by atoms with van der Waals surface area (Å²) in [4.78, 5) is 13.1. The Labute approximate surface area is 249 Å². The molecule has 230 valence electrons. The second-order valence-corrected chi connectivity index (χ2v) is 14.5. The number of hydrogen-bond donors (Lipinski definition) is 1. The molecule has 0 bridgehead atoms. The summed E-state index contributed by atoms with van der Waals surface area (Å²) in [7, 11) is -3.81. The molecule has 11 nitrogen and oxygen atoms in total. The van der Waals surface area contributed by atoms with E-state index in [-0.39, 0.29) is 42.6 Å². The predicted octanol–water partition coefficient (Wildman–Crippen LogP) is 4.19. The van der Waals surface area contributed by atoms with Gasteiger partial charge in [0.1, 0.15) is 5.69 Å². The van der Waals surface area contributed by atoms with Gasteiger partial charge in [0.25, 0.3) is 11.8 Å². The first-order valence-corrected chi connectivity index (χ1v) is 16.2. The Morgan fingerprint density at radius 1 is 0.884 bits per heavy atom. The third-order valence-electron chi connectivity index (χ3n) is 9.12. The van der Waals surface area contributed by atoms with Crippen molar-refractivity contribution in [1.29, 1.82) is 0 Å². The van der Waals surface area contributed by atoms with Gasteiger partial charge in [0.05, 0.1) is 34.9 Å². The summed E-state index contributed by atoms with van der Waals surface area (Å²) in [6.45, 7) is 6.19. The van der Waals surface area contributed by atoms with Crippen molar-refractivity contribution in [3.63, 3.8) is 0 Å². The molecular weight excluding hydrogens is 580 g/mol. The molecule has 1 aromatic carbocycles. The van der Waals surface area contributed by atoms with Crippen molar-refractivity contribution < 1.29 is 26.4 Å². The van der Waals surface area contributed by atoms with Gasteiger partial charge in [0.15, 0.2) is 0 Å². The number of hydrogen-bond acceptors (Lipinski definition) is 10. The molecule has 5 heterocycles. The first-order chi connectivity index (χ1) is 20.4. The minimum Gasteiger partial charge on any atom is -0.415 e. The van der Waals surface area contributed by atoms with Gasteiger partial charge in [-0.15, -0.1) is 10.2 Å². The SMILES string of the molecule is Cc1cc(-c2nnc(-c3ccc(S(=O)(=O)NC4(C)COC4)cc3N3CCC4(CC3)CC4)o2)nc(N2CCC(F)(F)CC2)n1. The largest absolute Gasteiger partial charge is 0.415 e. The summed E-state index contributed by atoms with van der Waals surface area (Å²) in [6.07, 6.45) is 4.10. The number of ether oxygens (including phenoxy) is 1. The van der Waals surface area contributed by atoms with E-state index in [1.807, 2.05) is 6.92 Å². The van der Waals surface area contributed by atoms with Crippen LogP contribution in [-0.4, -0.2) is 79.4 Å². The van der Waals surface area contributed by atoms with Crippen LogP contribution >= 0.6 is 0 Å². The number of nitrogens with one attached hydrogen (secondary N) is 1. The second-order valence-electron chi connectivity index (χ2n) is 12.8. The number of alkyl halides is 2. The molecule has 0 atom stereocenters. The molecule has 4 fully saturated rings. The zero-order chi connectivity index (χ0) is 30.0. The van der Waals surface area contributed by atoms with Crippen molar-refractivity contribution in [1.82, 2.24) is 24.9 Å². The van der Waals surface area contributed by atoms with Crippen LogP contribution in [0.1, 0.15) is 51.1 Å². The summed E-state index contributed by atoms with van der Waals surface area (Å²) < 4.78 is 68.3. The van der Waals surface area contributed by atoms with E-state index in [2.05, 4.69) is 29.8 Å². The lowest BCUT2D eigenvalue weighted by atomic mass is 9.93. The maximum Gasteiger partial charge on any atom is 0.266 e. The van der Waals surface area contributed by atoms with Crippen LogP contribution in [-0.2, 0) is 14.8 Å². The Morgan fingerprint density at radius 2 is 1.56 bits per heavy atom. The summed E-state index contributed by atoms with van der Waals surface area (Å²) in [5.41, 5.74) is 2.20. The fourth-order valence-corrected chi connectivity index (χ4v) is 7.54. The Balaban J connectivity index is 1.20. The number of rotatable bonds is 7. The number of anilines is 2. The van der Waals surface area contributed by atoms with Crippen LogP contribution in [0.5, 0.6) is 0 Å². The number of nitrogens with zero attached hydrogens (tertiary/aromatic N) is 6.